The number of carbonyl (C=O) groups is 2. The van der Waals surface area contributed by atoms with E-state index in [4.69, 9.17) is 16.3 Å². The van der Waals surface area contributed by atoms with Gasteiger partial charge in [-0.25, -0.2) is 10.6 Å². The van der Waals surface area contributed by atoms with Crippen LogP contribution in [0.1, 0.15) is 44.3 Å². The fourth-order valence-electron chi connectivity index (χ4n) is 4.97. The lowest BCUT2D eigenvalue weighted by molar-refractivity contribution is -0.763. The van der Waals surface area contributed by atoms with Crippen LogP contribution in [0.2, 0.25) is 0 Å². The van der Waals surface area contributed by atoms with Gasteiger partial charge in [0.15, 0.2) is 5.84 Å². The van der Waals surface area contributed by atoms with Gasteiger partial charge in [-0.2, -0.15) is 10.1 Å². The van der Waals surface area contributed by atoms with Crippen molar-refractivity contribution >= 4 is 28.7 Å². The first-order chi connectivity index (χ1) is 22.2. The summed E-state index contributed by atoms with van der Waals surface area (Å²) < 4.78 is 7.47. The van der Waals surface area contributed by atoms with Crippen LogP contribution in [0, 0.1) is 10.1 Å². The number of para-hydroxylation sites is 1. The van der Waals surface area contributed by atoms with Gasteiger partial charge < -0.3 is 20.4 Å². The summed E-state index contributed by atoms with van der Waals surface area (Å²) in [6.45, 7) is 2.06. The molecule has 0 bridgehead atoms. The summed E-state index contributed by atoms with van der Waals surface area (Å²) in [6, 6.07) is 26.1. The van der Waals surface area contributed by atoms with E-state index in [1.54, 1.807) is 41.0 Å². The SMILES string of the molecule is CCOc1nc2cccc(C(=O)O)c2n1Cc1ccc(-c2ccccc2/C(N)=N/N(N)C(=O)c2ccccc2CO[N+](=O)[O-])cc1. The topological polar surface area (TPSA) is 201 Å². The number of hydrogen-bond donors (Lipinski definition) is 3. The molecule has 0 aliphatic carbocycles. The van der Waals surface area contributed by atoms with Gasteiger partial charge in [-0.1, -0.05) is 72.8 Å². The number of rotatable bonds is 12. The molecule has 0 aliphatic rings. The number of benzene rings is 4. The van der Waals surface area contributed by atoms with Crippen LogP contribution < -0.4 is 16.3 Å². The van der Waals surface area contributed by atoms with Gasteiger partial charge in [-0.15, -0.1) is 15.2 Å². The van der Waals surface area contributed by atoms with E-state index in [1.165, 1.54) is 18.2 Å². The van der Waals surface area contributed by atoms with E-state index >= 15 is 0 Å². The Morgan fingerprint density at radius 1 is 0.978 bits per heavy atom. The molecule has 0 aliphatic heterocycles. The Balaban J connectivity index is 1.41. The zero-order valence-corrected chi connectivity index (χ0v) is 24.6. The Labute approximate surface area is 262 Å². The van der Waals surface area contributed by atoms with Crippen molar-refractivity contribution < 1.29 is 29.4 Å². The second-order valence-corrected chi connectivity index (χ2v) is 9.92. The number of aromatic carboxylic acids is 1. The number of amides is 1. The minimum atomic E-state index is -1.06. The van der Waals surface area contributed by atoms with Crippen molar-refractivity contribution in [2.75, 3.05) is 6.61 Å². The predicted octanol–water partition coefficient (Wildman–Crippen LogP) is 4.19. The van der Waals surface area contributed by atoms with Crippen molar-refractivity contribution in [1.82, 2.24) is 14.7 Å². The average Bonchev–Trinajstić information content (AvgIpc) is 3.40. The number of carboxylic acids is 1. The molecular formula is C32H29N7O7. The maximum atomic E-state index is 13.1. The lowest BCUT2D eigenvalue weighted by atomic mass is 9.98. The maximum Gasteiger partial charge on any atom is 0.337 e. The van der Waals surface area contributed by atoms with E-state index in [-0.39, 0.29) is 22.5 Å². The zero-order chi connectivity index (χ0) is 32.8. The largest absolute Gasteiger partial charge is 0.478 e. The number of aromatic nitrogens is 2. The molecule has 0 spiro atoms. The van der Waals surface area contributed by atoms with Gasteiger partial charge in [0.1, 0.15) is 6.61 Å². The van der Waals surface area contributed by atoms with Crippen molar-refractivity contribution in [1.29, 1.82) is 0 Å². The molecule has 1 heterocycles. The van der Waals surface area contributed by atoms with Crippen molar-refractivity contribution in [3.63, 3.8) is 0 Å². The third-order valence-corrected chi connectivity index (χ3v) is 7.04. The number of carboxylic acid groups (broad SMARTS) is 1. The number of hydrazine groups is 1. The van der Waals surface area contributed by atoms with Crippen molar-refractivity contribution in [2.24, 2.45) is 16.7 Å². The zero-order valence-electron chi connectivity index (χ0n) is 24.6. The van der Waals surface area contributed by atoms with Gasteiger partial charge in [0, 0.05) is 11.1 Å². The highest BCUT2D eigenvalue weighted by Crippen LogP contribution is 2.28. The molecular weight excluding hydrogens is 594 g/mol. The Hall–Kier alpha value is -6.28. The fourth-order valence-corrected chi connectivity index (χ4v) is 4.97. The molecule has 0 radical (unpaired) electrons. The number of nitrogens with two attached hydrogens (primary N) is 2. The molecule has 46 heavy (non-hydrogen) atoms. The highest BCUT2D eigenvalue weighted by molar-refractivity contribution is 6.05. The van der Waals surface area contributed by atoms with Crippen LogP contribution in [0.4, 0.5) is 0 Å². The molecule has 14 heteroatoms. The molecule has 0 unspecified atom stereocenters. The maximum absolute atomic E-state index is 13.1. The smallest absolute Gasteiger partial charge is 0.337 e. The lowest BCUT2D eigenvalue weighted by Crippen LogP contribution is -2.36. The summed E-state index contributed by atoms with van der Waals surface area (Å²) >= 11 is 0. The van der Waals surface area contributed by atoms with Crippen molar-refractivity contribution in [2.45, 2.75) is 20.1 Å². The molecule has 0 fully saturated rings. The molecule has 0 saturated heterocycles. The summed E-state index contributed by atoms with van der Waals surface area (Å²) in [6.07, 6.45) is 0. The first kappa shape index (κ1) is 31.2. The minimum Gasteiger partial charge on any atom is -0.478 e. The van der Waals surface area contributed by atoms with Gasteiger partial charge in [0.25, 0.3) is 17.0 Å². The van der Waals surface area contributed by atoms with E-state index in [0.29, 0.717) is 46.4 Å². The van der Waals surface area contributed by atoms with Crippen LogP contribution in [0.15, 0.2) is 96.1 Å². The van der Waals surface area contributed by atoms with E-state index in [1.807, 2.05) is 43.3 Å². The lowest BCUT2D eigenvalue weighted by Gasteiger charge is -2.16. The summed E-state index contributed by atoms with van der Waals surface area (Å²) in [5.41, 5.74) is 10.6. The third-order valence-electron chi connectivity index (χ3n) is 7.04. The highest BCUT2D eigenvalue weighted by atomic mass is 16.9. The summed E-state index contributed by atoms with van der Waals surface area (Å²) in [4.78, 5) is 44.6. The number of hydrazone groups is 1. The minimum absolute atomic E-state index is 0.0398. The van der Waals surface area contributed by atoms with Gasteiger partial charge in [0.05, 0.1) is 29.7 Å². The number of carbonyl (C=O) groups excluding carboxylic acids is 1. The molecule has 5 rings (SSSR count). The quantitative estimate of drug-likeness (QED) is 0.0452. The average molecular weight is 624 g/mol. The number of hydrogen-bond acceptors (Lipinski definition) is 9. The van der Waals surface area contributed by atoms with Crippen LogP contribution in [0.25, 0.3) is 22.2 Å². The van der Waals surface area contributed by atoms with Crippen LogP contribution >= 0.6 is 0 Å². The fraction of sp³-hybridized carbons (Fsp3) is 0.125. The Kier molecular flexibility index (Phi) is 9.19. The van der Waals surface area contributed by atoms with Crippen LogP contribution in [-0.4, -0.2) is 49.2 Å². The van der Waals surface area contributed by atoms with E-state index in [0.717, 1.165) is 11.1 Å². The number of fused-ring (bicyclic) bond motifs is 1. The third kappa shape index (κ3) is 6.61. The monoisotopic (exact) mass is 623 g/mol. The van der Waals surface area contributed by atoms with Gasteiger partial charge in [0.2, 0.25) is 0 Å². The first-order valence-corrected chi connectivity index (χ1v) is 14.0. The van der Waals surface area contributed by atoms with E-state index < -0.39 is 23.6 Å². The van der Waals surface area contributed by atoms with Crippen LogP contribution in [0.5, 0.6) is 6.01 Å². The number of amidine groups is 1. The molecule has 0 saturated carbocycles. The molecule has 1 amide bonds. The van der Waals surface area contributed by atoms with Crippen LogP contribution in [0.3, 0.4) is 0 Å². The first-order valence-electron chi connectivity index (χ1n) is 14.0. The molecule has 1 aromatic heterocycles. The van der Waals surface area contributed by atoms with Gasteiger partial charge in [-0.05, 0) is 47.4 Å². The van der Waals surface area contributed by atoms with Gasteiger partial charge >= 0.3 is 5.97 Å². The Morgan fingerprint density at radius 2 is 1.65 bits per heavy atom. The Bertz CT molecular complexity index is 1950. The van der Waals surface area contributed by atoms with Crippen molar-refractivity contribution in [3.05, 3.63) is 129 Å². The second kappa shape index (κ2) is 13.6. The molecule has 4 aromatic carbocycles. The van der Waals surface area contributed by atoms with E-state index in [2.05, 4.69) is 14.9 Å². The molecule has 14 nitrogen and oxygen atoms in total. The van der Waals surface area contributed by atoms with E-state index in [9.17, 15) is 24.8 Å². The molecule has 5 aromatic rings. The molecule has 5 N–H and O–H groups in total. The summed E-state index contributed by atoms with van der Waals surface area (Å²) in [5.74, 6) is 4.13. The molecule has 0 atom stereocenters. The number of ether oxygens (including phenoxy) is 1. The second-order valence-electron chi connectivity index (χ2n) is 9.92. The highest BCUT2D eigenvalue weighted by Gasteiger charge is 2.20. The normalized spacial score (nSPS) is 11.3. The van der Waals surface area contributed by atoms with Crippen LogP contribution in [-0.2, 0) is 18.0 Å². The summed E-state index contributed by atoms with van der Waals surface area (Å²) in [5, 5.41) is 24.2. The number of nitrogens with zero attached hydrogens (tertiary/aromatic N) is 5. The van der Waals surface area contributed by atoms with Gasteiger partial charge in [-0.3, -0.25) is 9.36 Å². The Morgan fingerprint density at radius 3 is 2.35 bits per heavy atom. The van der Waals surface area contributed by atoms with Crippen molar-refractivity contribution in [3.8, 4) is 17.1 Å². The summed E-state index contributed by atoms with van der Waals surface area (Å²) in [7, 11) is 0. The number of imidazole rings is 1. The standard InChI is InChI=1S/C32H29N7O7/c1-2-45-32-35-27-13-7-12-26(31(41)42)28(27)37(32)18-20-14-16-21(17-15-20)23-9-5-6-11-25(23)29(33)36-38(34)30(40)24-10-4-3-8-22(24)19-46-39(43)44/h3-17H,2,18-19,34H2,1H3,(H2,33,36)(H,41,42). The molecule has 234 valence electrons. The predicted molar refractivity (Wildman–Crippen MR) is 168 cm³/mol.